The van der Waals surface area contributed by atoms with Gasteiger partial charge in [0.2, 0.25) is 0 Å². The molecule has 7 heteroatoms. The molecule has 0 fully saturated rings. The molecule has 0 aliphatic rings. The van der Waals surface area contributed by atoms with Gasteiger partial charge in [0.15, 0.2) is 0 Å². The van der Waals surface area contributed by atoms with Crippen molar-refractivity contribution in [2.45, 2.75) is 6.18 Å². The van der Waals surface area contributed by atoms with Gasteiger partial charge in [0.1, 0.15) is 6.54 Å². The molecule has 0 aliphatic carbocycles. The molecule has 1 amide bonds. The molecule has 0 bridgehead atoms. The Balaban J connectivity index is 2.74. The van der Waals surface area contributed by atoms with E-state index >= 15 is 0 Å². The van der Waals surface area contributed by atoms with E-state index in [1.54, 1.807) is 5.38 Å². The van der Waals surface area contributed by atoms with E-state index in [0.717, 1.165) is 0 Å². The van der Waals surface area contributed by atoms with Crippen molar-refractivity contribution in [2.75, 3.05) is 19.0 Å². The zero-order chi connectivity index (χ0) is 12.2. The Kier molecular flexibility index (Phi) is 4.61. The van der Waals surface area contributed by atoms with Crippen molar-refractivity contribution in [2.24, 2.45) is 0 Å². The van der Waals surface area contributed by atoms with Gasteiger partial charge in [0.25, 0.3) is 5.91 Å². The zero-order valence-electron chi connectivity index (χ0n) is 8.13. The minimum Gasteiger partial charge on any atom is -0.328 e. The summed E-state index contributed by atoms with van der Waals surface area (Å²) in [6.45, 7) is -1.38. The second-order valence-corrected chi connectivity index (χ2v) is 4.20. The third kappa shape index (κ3) is 4.02. The van der Waals surface area contributed by atoms with Crippen LogP contribution >= 0.6 is 22.9 Å². The monoisotopic (exact) mass is 271 g/mol. The number of nitrogens with zero attached hydrogens (tertiary/aromatic N) is 1. The van der Waals surface area contributed by atoms with Crippen LogP contribution in [-0.2, 0) is 0 Å². The zero-order valence-corrected chi connectivity index (χ0v) is 9.70. The molecular formula is C9H9ClF3NOS. The van der Waals surface area contributed by atoms with Gasteiger partial charge < -0.3 is 4.90 Å². The van der Waals surface area contributed by atoms with E-state index in [-0.39, 0.29) is 18.0 Å². The van der Waals surface area contributed by atoms with Gasteiger partial charge in [-0.1, -0.05) is 0 Å². The highest BCUT2D eigenvalue weighted by atomic mass is 35.5. The highest BCUT2D eigenvalue weighted by Crippen LogP contribution is 2.18. The van der Waals surface area contributed by atoms with Crippen LogP contribution in [0.15, 0.2) is 16.8 Å². The molecule has 2 nitrogen and oxygen atoms in total. The van der Waals surface area contributed by atoms with Crippen molar-refractivity contribution < 1.29 is 18.0 Å². The summed E-state index contributed by atoms with van der Waals surface area (Å²) in [6, 6.07) is 1.49. The summed E-state index contributed by atoms with van der Waals surface area (Å²) in [5.41, 5.74) is 0.263. The average Bonchev–Trinajstić information content (AvgIpc) is 2.66. The van der Waals surface area contributed by atoms with E-state index in [1.807, 2.05) is 0 Å². The number of amides is 1. The summed E-state index contributed by atoms with van der Waals surface area (Å²) < 4.78 is 36.6. The summed E-state index contributed by atoms with van der Waals surface area (Å²) in [5.74, 6) is -0.661. The van der Waals surface area contributed by atoms with Crippen LogP contribution in [0, 0.1) is 0 Å². The largest absolute Gasteiger partial charge is 0.406 e. The van der Waals surface area contributed by atoms with E-state index in [1.165, 1.54) is 22.8 Å². The topological polar surface area (TPSA) is 20.3 Å². The Morgan fingerprint density at radius 3 is 2.62 bits per heavy atom. The molecule has 16 heavy (non-hydrogen) atoms. The van der Waals surface area contributed by atoms with Crippen LogP contribution in [-0.4, -0.2) is 36.0 Å². The molecule has 0 saturated carbocycles. The molecule has 1 aromatic rings. The van der Waals surface area contributed by atoms with Crippen molar-refractivity contribution in [3.05, 3.63) is 22.4 Å². The highest BCUT2D eigenvalue weighted by molar-refractivity contribution is 7.08. The number of thiophene rings is 1. The summed E-state index contributed by atoms with van der Waals surface area (Å²) >= 11 is 6.63. The SMILES string of the molecule is O=C(c1ccsc1)N(CCCl)CC(F)(F)F. The van der Waals surface area contributed by atoms with Crippen molar-refractivity contribution in [1.82, 2.24) is 4.90 Å². The van der Waals surface area contributed by atoms with Gasteiger partial charge in [-0.05, 0) is 11.4 Å². The molecule has 0 radical (unpaired) electrons. The smallest absolute Gasteiger partial charge is 0.328 e. The first-order valence-corrected chi connectivity index (χ1v) is 5.86. The molecule has 0 aliphatic heterocycles. The third-order valence-electron chi connectivity index (χ3n) is 1.78. The Hall–Kier alpha value is -0.750. The summed E-state index contributed by atoms with van der Waals surface area (Å²) in [7, 11) is 0. The second kappa shape index (κ2) is 5.54. The molecule has 1 heterocycles. The first-order valence-electron chi connectivity index (χ1n) is 4.38. The fourth-order valence-electron chi connectivity index (χ4n) is 1.14. The number of halogens is 4. The second-order valence-electron chi connectivity index (χ2n) is 3.04. The van der Waals surface area contributed by atoms with Gasteiger partial charge in [-0.3, -0.25) is 4.79 Å². The lowest BCUT2D eigenvalue weighted by Gasteiger charge is -2.22. The molecule has 0 spiro atoms. The minimum atomic E-state index is -4.41. The Morgan fingerprint density at radius 1 is 1.50 bits per heavy atom. The van der Waals surface area contributed by atoms with Gasteiger partial charge in [-0.2, -0.15) is 24.5 Å². The van der Waals surface area contributed by atoms with Gasteiger partial charge >= 0.3 is 6.18 Å². The van der Waals surface area contributed by atoms with E-state index < -0.39 is 18.6 Å². The fraction of sp³-hybridized carbons (Fsp3) is 0.444. The minimum absolute atomic E-state index is 0.0219. The molecule has 0 atom stereocenters. The summed E-state index contributed by atoms with van der Waals surface area (Å²) in [5, 5.41) is 3.15. The quantitative estimate of drug-likeness (QED) is 0.771. The van der Waals surface area contributed by atoms with Crippen LogP contribution in [0.25, 0.3) is 0 Å². The molecule has 1 aromatic heterocycles. The van der Waals surface area contributed by atoms with Crippen LogP contribution < -0.4 is 0 Å². The maximum absolute atomic E-state index is 12.2. The lowest BCUT2D eigenvalue weighted by molar-refractivity contribution is -0.140. The molecule has 90 valence electrons. The molecular weight excluding hydrogens is 263 g/mol. The lowest BCUT2D eigenvalue weighted by atomic mass is 10.3. The summed E-state index contributed by atoms with van der Waals surface area (Å²) in [4.78, 5) is 12.4. The van der Waals surface area contributed by atoms with Crippen LogP contribution in [0.2, 0.25) is 0 Å². The first-order chi connectivity index (χ1) is 7.44. The molecule has 1 rings (SSSR count). The number of alkyl halides is 4. The van der Waals surface area contributed by atoms with Crippen LogP contribution in [0.5, 0.6) is 0 Å². The van der Waals surface area contributed by atoms with E-state index in [2.05, 4.69) is 0 Å². The summed E-state index contributed by atoms with van der Waals surface area (Å²) in [6.07, 6.45) is -4.41. The van der Waals surface area contributed by atoms with E-state index in [4.69, 9.17) is 11.6 Å². The van der Waals surface area contributed by atoms with E-state index in [0.29, 0.717) is 4.90 Å². The molecule has 0 unspecified atom stereocenters. The normalized spacial score (nSPS) is 11.5. The number of rotatable bonds is 4. The van der Waals surface area contributed by atoms with Crippen LogP contribution in [0.4, 0.5) is 13.2 Å². The highest BCUT2D eigenvalue weighted by Gasteiger charge is 2.33. The Morgan fingerprint density at radius 2 is 2.19 bits per heavy atom. The van der Waals surface area contributed by atoms with Gasteiger partial charge in [0.05, 0.1) is 5.56 Å². The number of hydrogen-bond acceptors (Lipinski definition) is 2. The van der Waals surface area contributed by atoms with E-state index in [9.17, 15) is 18.0 Å². The van der Waals surface area contributed by atoms with Crippen molar-refractivity contribution in [3.8, 4) is 0 Å². The predicted octanol–water partition coefficient (Wildman–Crippen LogP) is 2.99. The standard InChI is InChI=1S/C9H9ClF3NOS/c10-2-3-14(6-9(11,12)13)8(15)7-1-4-16-5-7/h1,4-5H,2-3,6H2. The average molecular weight is 272 g/mol. The molecule has 0 N–H and O–H groups in total. The van der Waals surface area contributed by atoms with Crippen molar-refractivity contribution in [3.63, 3.8) is 0 Å². The van der Waals surface area contributed by atoms with Crippen LogP contribution in [0.3, 0.4) is 0 Å². The van der Waals surface area contributed by atoms with Crippen molar-refractivity contribution >= 4 is 28.8 Å². The maximum Gasteiger partial charge on any atom is 0.406 e. The fourth-order valence-corrected chi connectivity index (χ4v) is 1.97. The molecule has 0 saturated heterocycles. The van der Waals surface area contributed by atoms with Gasteiger partial charge in [-0.25, -0.2) is 0 Å². The van der Waals surface area contributed by atoms with Gasteiger partial charge in [-0.15, -0.1) is 11.6 Å². The predicted molar refractivity (Wildman–Crippen MR) is 57.0 cm³/mol. The number of carbonyl (C=O) groups excluding carboxylic acids is 1. The number of carbonyl (C=O) groups is 1. The third-order valence-corrected chi connectivity index (χ3v) is 2.63. The van der Waals surface area contributed by atoms with Gasteiger partial charge in [0, 0.05) is 17.8 Å². The first kappa shape index (κ1) is 13.3. The van der Waals surface area contributed by atoms with Crippen LogP contribution in [0.1, 0.15) is 10.4 Å². The lowest BCUT2D eigenvalue weighted by Crippen LogP contribution is -2.40. The number of hydrogen-bond donors (Lipinski definition) is 0. The maximum atomic E-state index is 12.2. The van der Waals surface area contributed by atoms with Crippen molar-refractivity contribution in [1.29, 1.82) is 0 Å². The Bertz CT molecular complexity index is 339. The molecule has 0 aromatic carbocycles. The Labute approximate surface area is 99.6 Å².